The van der Waals surface area contributed by atoms with Gasteiger partial charge in [0.05, 0.1) is 0 Å². The highest BCUT2D eigenvalue weighted by Crippen LogP contribution is 2.65. The fourth-order valence-electron chi connectivity index (χ4n) is 4.80. The SMILES string of the molecule is O=C(O)C(O)C12CC3CC(CC(Br)(C3)C1)C2. The molecule has 4 aliphatic carbocycles. The van der Waals surface area contributed by atoms with Crippen molar-refractivity contribution in [2.24, 2.45) is 17.3 Å². The molecule has 0 radical (unpaired) electrons. The molecule has 4 aliphatic rings. The van der Waals surface area contributed by atoms with E-state index in [-0.39, 0.29) is 9.74 Å². The first-order valence-electron chi connectivity index (χ1n) is 6.02. The molecule has 4 fully saturated rings. The first-order valence-corrected chi connectivity index (χ1v) is 6.82. The first kappa shape index (κ1) is 11.0. The van der Waals surface area contributed by atoms with Crippen molar-refractivity contribution in [3.63, 3.8) is 0 Å². The van der Waals surface area contributed by atoms with Crippen molar-refractivity contribution in [2.45, 2.75) is 49.0 Å². The summed E-state index contributed by atoms with van der Waals surface area (Å²) in [5.74, 6) is 0.197. The van der Waals surface area contributed by atoms with E-state index in [0.717, 1.165) is 32.1 Å². The summed E-state index contributed by atoms with van der Waals surface area (Å²) < 4.78 is 0.119. The second-order valence-electron chi connectivity index (χ2n) is 6.22. The zero-order valence-electron chi connectivity index (χ0n) is 9.16. The van der Waals surface area contributed by atoms with E-state index >= 15 is 0 Å². The minimum Gasteiger partial charge on any atom is -0.479 e. The Hall–Kier alpha value is -0.0900. The molecule has 2 N–H and O–H groups in total. The van der Waals surface area contributed by atoms with E-state index in [0.29, 0.717) is 11.8 Å². The number of aliphatic hydroxyl groups is 1. The van der Waals surface area contributed by atoms with E-state index < -0.39 is 12.1 Å². The number of rotatable bonds is 2. The van der Waals surface area contributed by atoms with Crippen LogP contribution in [-0.4, -0.2) is 26.6 Å². The van der Waals surface area contributed by atoms with Gasteiger partial charge in [-0.05, 0) is 50.4 Å². The lowest BCUT2D eigenvalue weighted by atomic mass is 9.48. The van der Waals surface area contributed by atoms with Gasteiger partial charge in [0, 0.05) is 9.74 Å². The molecule has 0 saturated heterocycles. The average molecular weight is 289 g/mol. The molecule has 0 spiro atoms. The summed E-state index contributed by atoms with van der Waals surface area (Å²) in [5.41, 5.74) is -0.348. The summed E-state index contributed by atoms with van der Waals surface area (Å²) in [6.07, 6.45) is 5.04. The second-order valence-corrected chi connectivity index (χ2v) is 7.90. The van der Waals surface area contributed by atoms with Crippen molar-refractivity contribution in [1.82, 2.24) is 0 Å². The maximum absolute atomic E-state index is 11.1. The van der Waals surface area contributed by atoms with E-state index in [4.69, 9.17) is 5.11 Å². The van der Waals surface area contributed by atoms with Crippen LogP contribution in [0.2, 0.25) is 0 Å². The minimum atomic E-state index is -1.17. The number of hydrogen-bond acceptors (Lipinski definition) is 2. The Morgan fingerprint density at radius 1 is 1.25 bits per heavy atom. The Morgan fingerprint density at radius 2 is 1.81 bits per heavy atom. The van der Waals surface area contributed by atoms with Crippen LogP contribution >= 0.6 is 15.9 Å². The lowest BCUT2D eigenvalue weighted by Gasteiger charge is -2.61. The third kappa shape index (κ3) is 1.46. The zero-order valence-corrected chi connectivity index (χ0v) is 10.7. The van der Waals surface area contributed by atoms with Gasteiger partial charge in [0.15, 0.2) is 6.10 Å². The van der Waals surface area contributed by atoms with Crippen molar-refractivity contribution in [2.75, 3.05) is 0 Å². The van der Waals surface area contributed by atoms with Crippen LogP contribution in [0.15, 0.2) is 0 Å². The van der Waals surface area contributed by atoms with Crippen LogP contribution in [0.3, 0.4) is 0 Å². The number of halogens is 1. The van der Waals surface area contributed by atoms with Crippen LogP contribution < -0.4 is 0 Å². The number of carboxylic acids is 1. The maximum atomic E-state index is 11.1. The molecule has 0 aromatic rings. The van der Waals surface area contributed by atoms with Crippen LogP contribution in [-0.2, 0) is 4.79 Å². The topological polar surface area (TPSA) is 57.5 Å². The maximum Gasteiger partial charge on any atom is 0.333 e. The monoisotopic (exact) mass is 288 g/mol. The molecule has 16 heavy (non-hydrogen) atoms. The van der Waals surface area contributed by atoms with Crippen LogP contribution in [0, 0.1) is 17.3 Å². The molecule has 4 bridgehead atoms. The van der Waals surface area contributed by atoms with Gasteiger partial charge < -0.3 is 10.2 Å². The predicted molar refractivity (Wildman–Crippen MR) is 62.4 cm³/mol. The molecule has 3 nitrogen and oxygen atoms in total. The van der Waals surface area contributed by atoms with Gasteiger partial charge in [-0.25, -0.2) is 4.79 Å². The number of hydrogen-bond donors (Lipinski definition) is 2. The highest BCUT2D eigenvalue weighted by molar-refractivity contribution is 9.10. The summed E-state index contributed by atoms with van der Waals surface area (Å²) in [4.78, 5) is 11.1. The summed E-state index contributed by atoms with van der Waals surface area (Å²) in [5, 5.41) is 19.0. The van der Waals surface area contributed by atoms with Crippen molar-refractivity contribution >= 4 is 21.9 Å². The molecule has 0 aromatic heterocycles. The van der Waals surface area contributed by atoms with Crippen molar-refractivity contribution < 1.29 is 15.0 Å². The van der Waals surface area contributed by atoms with Gasteiger partial charge in [0.25, 0.3) is 0 Å². The Bertz CT molecular complexity index is 327. The van der Waals surface area contributed by atoms with E-state index in [1.165, 1.54) is 6.42 Å². The van der Waals surface area contributed by atoms with Gasteiger partial charge in [0.1, 0.15) is 0 Å². The quantitative estimate of drug-likeness (QED) is 0.766. The molecular formula is C12H17BrO3. The third-order valence-corrected chi connectivity index (χ3v) is 5.78. The molecule has 3 unspecified atom stereocenters. The van der Waals surface area contributed by atoms with Gasteiger partial charge in [0.2, 0.25) is 0 Å². The van der Waals surface area contributed by atoms with Crippen LogP contribution in [0.1, 0.15) is 38.5 Å². The minimum absolute atomic E-state index is 0.119. The highest BCUT2D eigenvalue weighted by atomic mass is 79.9. The second kappa shape index (κ2) is 3.22. The molecule has 4 heteroatoms. The Balaban J connectivity index is 1.94. The van der Waals surface area contributed by atoms with E-state index in [1.54, 1.807) is 0 Å². The molecule has 0 amide bonds. The average Bonchev–Trinajstić information content (AvgIpc) is 2.12. The molecular weight excluding hydrogens is 272 g/mol. The lowest BCUT2D eigenvalue weighted by molar-refractivity contribution is -0.168. The predicted octanol–water partition coefficient (Wildman–Crippen LogP) is 2.17. The summed E-state index contributed by atoms with van der Waals surface area (Å²) in [6, 6.07) is 0. The summed E-state index contributed by atoms with van der Waals surface area (Å²) in [6.45, 7) is 0. The van der Waals surface area contributed by atoms with Gasteiger partial charge in [-0.3, -0.25) is 0 Å². The standard InChI is InChI=1S/C12H17BrO3/c13-12-4-7-1-8(5-12)3-11(2-7,6-12)9(14)10(15)16/h7-9,14H,1-6H2,(H,15,16). The van der Waals surface area contributed by atoms with Gasteiger partial charge in [-0.1, -0.05) is 15.9 Å². The third-order valence-electron chi connectivity index (χ3n) is 4.85. The number of alkyl halides is 1. The van der Waals surface area contributed by atoms with Crippen molar-refractivity contribution in [3.8, 4) is 0 Å². The fraction of sp³-hybridized carbons (Fsp3) is 0.917. The fourth-order valence-corrected chi connectivity index (χ4v) is 6.28. The number of carboxylic acid groups (broad SMARTS) is 1. The molecule has 0 aromatic carbocycles. The smallest absolute Gasteiger partial charge is 0.333 e. The molecule has 4 saturated carbocycles. The largest absolute Gasteiger partial charge is 0.479 e. The van der Waals surface area contributed by atoms with Gasteiger partial charge in [-0.2, -0.15) is 0 Å². The van der Waals surface area contributed by atoms with Crippen molar-refractivity contribution in [1.29, 1.82) is 0 Å². The van der Waals surface area contributed by atoms with Crippen LogP contribution in [0.4, 0.5) is 0 Å². The van der Waals surface area contributed by atoms with E-state index in [1.807, 2.05) is 0 Å². The van der Waals surface area contributed by atoms with Crippen molar-refractivity contribution in [3.05, 3.63) is 0 Å². The van der Waals surface area contributed by atoms with Gasteiger partial charge >= 0.3 is 5.97 Å². The van der Waals surface area contributed by atoms with Crippen LogP contribution in [0.5, 0.6) is 0 Å². The zero-order chi connectivity index (χ0) is 11.6. The van der Waals surface area contributed by atoms with E-state index in [9.17, 15) is 9.90 Å². The Morgan fingerprint density at radius 3 is 2.25 bits per heavy atom. The number of carbonyl (C=O) groups is 1. The highest BCUT2D eigenvalue weighted by Gasteiger charge is 2.60. The molecule has 0 heterocycles. The molecule has 90 valence electrons. The summed E-state index contributed by atoms with van der Waals surface area (Å²) >= 11 is 3.81. The normalized spacial score (nSPS) is 51.6. The van der Waals surface area contributed by atoms with Crippen LogP contribution in [0.25, 0.3) is 0 Å². The number of aliphatic hydroxyl groups excluding tert-OH is 1. The first-order chi connectivity index (χ1) is 7.42. The molecule has 4 rings (SSSR count). The Labute approximate surface area is 103 Å². The molecule has 3 atom stereocenters. The Kier molecular flexibility index (Phi) is 2.22. The summed E-state index contributed by atoms with van der Waals surface area (Å²) in [7, 11) is 0. The lowest BCUT2D eigenvalue weighted by Crippen LogP contribution is -2.58. The van der Waals surface area contributed by atoms with E-state index in [2.05, 4.69) is 15.9 Å². The number of aliphatic carboxylic acids is 1. The molecule has 0 aliphatic heterocycles. The van der Waals surface area contributed by atoms with Gasteiger partial charge in [-0.15, -0.1) is 0 Å².